The van der Waals surface area contributed by atoms with Gasteiger partial charge in [-0.15, -0.1) is 0 Å². The van der Waals surface area contributed by atoms with Crippen molar-refractivity contribution in [3.63, 3.8) is 0 Å². The number of anilines is 2. The third-order valence-corrected chi connectivity index (χ3v) is 4.63. The Labute approximate surface area is 129 Å². The fraction of sp³-hybridized carbons (Fsp3) is 0.722. The van der Waals surface area contributed by atoms with Crippen molar-refractivity contribution in [1.29, 1.82) is 0 Å². The van der Waals surface area contributed by atoms with Gasteiger partial charge in [0, 0.05) is 12.2 Å². The van der Waals surface area contributed by atoms with E-state index in [2.05, 4.69) is 25.2 Å². The Hall–Kier alpha value is -1.25. The van der Waals surface area contributed by atoms with Crippen molar-refractivity contribution in [2.45, 2.75) is 71.6 Å². The molecule has 1 aromatic rings. The number of aryl methyl sites for hydroxylation is 2. The van der Waals surface area contributed by atoms with Crippen LogP contribution in [0.1, 0.15) is 69.5 Å². The molecular weight excluding hydrogens is 258 g/mol. The highest BCUT2D eigenvalue weighted by Gasteiger charge is 2.13. The van der Waals surface area contributed by atoms with E-state index in [0.29, 0.717) is 0 Å². The number of pyridine rings is 1. The summed E-state index contributed by atoms with van der Waals surface area (Å²) in [7, 11) is 0. The van der Waals surface area contributed by atoms with Gasteiger partial charge in [-0.05, 0) is 43.7 Å². The second-order valence-electron chi connectivity index (χ2n) is 6.52. The molecule has 0 atom stereocenters. The van der Waals surface area contributed by atoms with Crippen LogP contribution < -0.4 is 11.1 Å². The first-order valence-corrected chi connectivity index (χ1v) is 8.70. The predicted molar refractivity (Wildman–Crippen MR) is 91.7 cm³/mol. The van der Waals surface area contributed by atoms with Gasteiger partial charge in [-0.1, -0.05) is 45.4 Å². The van der Waals surface area contributed by atoms with Gasteiger partial charge in [0.1, 0.15) is 5.82 Å². The molecule has 21 heavy (non-hydrogen) atoms. The zero-order valence-corrected chi connectivity index (χ0v) is 13.8. The van der Waals surface area contributed by atoms with Crippen molar-refractivity contribution in [3.8, 4) is 0 Å². The highest BCUT2D eigenvalue weighted by Crippen LogP contribution is 2.28. The van der Waals surface area contributed by atoms with Crippen molar-refractivity contribution in [2.24, 2.45) is 5.92 Å². The first-order valence-electron chi connectivity index (χ1n) is 8.70. The first kappa shape index (κ1) is 16.1. The van der Waals surface area contributed by atoms with Crippen LogP contribution in [0.5, 0.6) is 0 Å². The quantitative estimate of drug-likeness (QED) is 0.765. The average Bonchev–Trinajstić information content (AvgIpc) is 2.50. The van der Waals surface area contributed by atoms with E-state index >= 15 is 0 Å². The Morgan fingerprint density at radius 3 is 2.76 bits per heavy atom. The molecule has 118 valence electrons. The maximum absolute atomic E-state index is 6.11. The van der Waals surface area contributed by atoms with E-state index in [9.17, 15) is 0 Å². The van der Waals surface area contributed by atoms with Crippen LogP contribution in [0.2, 0.25) is 0 Å². The van der Waals surface area contributed by atoms with Gasteiger partial charge < -0.3 is 11.1 Å². The van der Waals surface area contributed by atoms with Gasteiger partial charge in [0.2, 0.25) is 0 Å². The van der Waals surface area contributed by atoms with Crippen LogP contribution in [0, 0.1) is 12.8 Å². The molecule has 3 heteroatoms. The smallest absolute Gasteiger partial charge is 0.149 e. The summed E-state index contributed by atoms with van der Waals surface area (Å²) in [6.45, 7) is 5.17. The van der Waals surface area contributed by atoms with Crippen molar-refractivity contribution < 1.29 is 0 Å². The number of aromatic nitrogens is 1. The lowest BCUT2D eigenvalue weighted by Crippen LogP contribution is -2.09. The standard InChI is InChI=1S/C18H31N3/c1-3-12-20-18-17(19)14(2)13-16(21-18)11-7-10-15-8-5-4-6-9-15/h13,15H,3-12,19H2,1-2H3,(H,20,21). The van der Waals surface area contributed by atoms with Crippen LogP contribution in [0.3, 0.4) is 0 Å². The van der Waals surface area contributed by atoms with Gasteiger partial charge in [-0.2, -0.15) is 0 Å². The van der Waals surface area contributed by atoms with E-state index in [1.807, 2.05) is 0 Å². The number of nitrogens with two attached hydrogens (primary N) is 1. The molecule has 0 aliphatic heterocycles. The van der Waals surface area contributed by atoms with E-state index in [1.165, 1.54) is 50.6 Å². The Balaban J connectivity index is 1.88. The summed E-state index contributed by atoms with van der Waals surface area (Å²) in [5.74, 6) is 1.84. The molecule has 0 spiro atoms. The normalized spacial score (nSPS) is 16.1. The molecule has 1 heterocycles. The Morgan fingerprint density at radius 1 is 1.29 bits per heavy atom. The number of hydrogen-bond acceptors (Lipinski definition) is 3. The highest BCUT2D eigenvalue weighted by atomic mass is 15.0. The molecule has 0 amide bonds. The van der Waals surface area contributed by atoms with E-state index in [4.69, 9.17) is 10.7 Å². The topological polar surface area (TPSA) is 50.9 Å². The molecule has 0 saturated heterocycles. The van der Waals surface area contributed by atoms with Crippen LogP contribution in [0.15, 0.2) is 6.07 Å². The molecule has 1 saturated carbocycles. The molecule has 0 aromatic carbocycles. The summed E-state index contributed by atoms with van der Waals surface area (Å²) in [6.07, 6.45) is 12.0. The second-order valence-corrected chi connectivity index (χ2v) is 6.52. The largest absolute Gasteiger partial charge is 0.396 e. The summed E-state index contributed by atoms with van der Waals surface area (Å²) >= 11 is 0. The van der Waals surface area contributed by atoms with Crippen molar-refractivity contribution in [2.75, 3.05) is 17.6 Å². The molecular formula is C18H31N3. The number of hydrogen-bond donors (Lipinski definition) is 2. The minimum absolute atomic E-state index is 0.805. The van der Waals surface area contributed by atoms with E-state index in [0.717, 1.165) is 42.4 Å². The second kappa shape index (κ2) is 8.26. The lowest BCUT2D eigenvalue weighted by atomic mass is 9.85. The van der Waals surface area contributed by atoms with Gasteiger partial charge >= 0.3 is 0 Å². The molecule has 1 aliphatic carbocycles. The molecule has 1 aliphatic rings. The summed E-state index contributed by atoms with van der Waals surface area (Å²) in [4.78, 5) is 4.72. The lowest BCUT2D eigenvalue weighted by molar-refractivity contribution is 0.332. The Kier molecular flexibility index (Phi) is 6.34. The fourth-order valence-corrected chi connectivity index (χ4v) is 3.30. The number of nitrogen functional groups attached to an aromatic ring is 1. The summed E-state index contributed by atoms with van der Waals surface area (Å²) < 4.78 is 0. The molecule has 3 nitrogen and oxygen atoms in total. The lowest BCUT2D eigenvalue weighted by Gasteiger charge is -2.21. The van der Waals surface area contributed by atoms with Gasteiger partial charge in [0.05, 0.1) is 5.69 Å². The summed E-state index contributed by atoms with van der Waals surface area (Å²) in [5, 5.41) is 3.35. The van der Waals surface area contributed by atoms with Gasteiger partial charge in [0.25, 0.3) is 0 Å². The number of rotatable bonds is 7. The molecule has 0 radical (unpaired) electrons. The fourth-order valence-electron chi connectivity index (χ4n) is 3.30. The van der Waals surface area contributed by atoms with Crippen molar-refractivity contribution in [3.05, 3.63) is 17.3 Å². The van der Waals surface area contributed by atoms with Gasteiger partial charge in [-0.3, -0.25) is 0 Å². The molecule has 3 N–H and O–H groups in total. The van der Waals surface area contributed by atoms with Crippen LogP contribution in [0.4, 0.5) is 11.5 Å². The number of nitrogens with zero attached hydrogens (tertiary/aromatic N) is 1. The minimum Gasteiger partial charge on any atom is -0.396 e. The van der Waals surface area contributed by atoms with Gasteiger partial charge in [-0.25, -0.2) is 4.98 Å². The zero-order valence-electron chi connectivity index (χ0n) is 13.8. The van der Waals surface area contributed by atoms with Crippen LogP contribution in [-0.2, 0) is 6.42 Å². The molecule has 0 bridgehead atoms. The minimum atomic E-state index is 0.805. The Bertz CT molecular complexity index is 436. The monoisotopic (exact) mass is 289 g/mol. The molecule has 1 aromatic heterocycles. The SMILES string of the molecule is CCCNc1nc(CCCC2CCCCC2)cc(C)c1N. The maximum atomic E-state index is 6.11. The van der Waals surface area contributed by atoms with Crippen LogP contribution in [0.25, 0.3) is 0 Å². The zero-order chi connectivity index (χ0) is 15.1. The van der Waals surface area contributed by atoms with Gasteiger partial charge in [0.15, 0.2) is 0 Å². The third-order valence-electron chi connectivity index (χ3n) is 4.63. The summed E-state index contributed by atoms with van der Waals surface area (Å²) in [5.41, 5.74) is 9.26. The maximum Gasteiger partial charge on any atom is 0.149 e. The predicted octanol–water partition coefficient (Wildman–Crippen LogP) is 4.70. The van der Waals surface area contributed by atoms with E-state index < -0.39 is 0 Å². The molecule has 1 fully saturated rings. The van der Waals surface area contributed by atoms with E-state index in [-0.39, 0.29) is 0 Å². The summed E-state index contributed by atoms with van der Waals surface area (Å²) in [6, 6.07) is 2.16. The number of nitrogens with one attached hydrogen (secondary N) is 1. The molecule has 2 rings (SSSR count). The molecule has 0 unspecified atom stereocenters. The third kappa shape index (κ3) is 4.90. The van der Waals surface area contributed by atoms with E-state index in [1.54, 1.807) is 0 Å². The van der Waals surface area contributed by atoms with Crippen molar-refractivity contribution >= 4 is 11.5 Å². The first-order chi connectivity index (χ1) is 10.2. The average molecular weight is 289 g/mol. The van der Waals surface area contributed by atoms with Crippen LogP contribution in [-0.4, -0.2) is 11.5 Å². The van der Waals surface area contributed by atoms with Crippen LogP contribution >= 0.6 is 0 Å². The Morgan fingerprint density at radius 2 is 2.05 bits per heavy atom. The highest BCUT2D eigenvalue weighted by molar-refractivity contribution is 5.65. The van der Waals surface area contributed by atoms with Crippen molar-refractivity contribution in [1.82, 2.24) is 4.98 Å².